The highest BCUT2D eigenvalue weighted by Gasteiger charge is 2.18. The van der Waals surface area contributed by atoms with Gasteiger partial charge in [-0.25, -0.2) is 0 Å². The van der Waals surface area contributed by atoms with Gasteiger partial charge in [-0.1, -0.05) is 18.2 Å². The van der Waals surface area contributed by atoms with Gasteiger partial charge < -0.3 is 5.32 Å². The number of thiophene rings is 1. The lowest BCUT2D eigenvalue weighted by molar-refractivity contribution is -0.385. The molecule has 2 aromatic rings. The standard InChI is InChI=1S/C14H16N2O2S/c1-10-7-8-14(19-10)12(15-2)9-11-5-3-4-6-13(11)16(17)18/h3-8,12,15H,9H2,1-2H3. The number of benzene rings is 1. The summed E-state index contributed by atoms with van der Waals surface area (Å²) in [6.07, 6.45) is 0.619. The quantitative estimate of drug-likeness (QED) is 0.672. The maximum absolute atomic E-state index is 11.0. The van der Waals surface area contributed by atoms with Gasteiger partial charge in [0.05, 0.1) is 4.92 Å². The fraction of sp³-hybridized carbons (Fsp3) is 0.286. The molecular weight excluding hydrogens is 260 g/mol. The summed E-state index contributed by atoms with van der Waals surface area (Å²) in [5, 5.41) is 14.3. The van der Waals surface area contributed by atoms with E-state index in [0.717, 1.165) is 5.56 Å². The van der Waals surface area contributed by atoms with E-state index in [9.17, 15) is 10.1 Å². The average Bonchev–Trinajstić information content (AvgIpc) is 2.82. The number of aryl methyl sites for hydroxylation is 1. The van der Waals surface area contributed by atoms with E-state index in [-0.39, 0.29) is 16.7 Å². The van der Waals surface area contributed by atoms with Crippen molar-refractivity contribution in [2.45, 2.75) is 19.4 Å². The molecule has 1 N–H and O–H groups in total. The van der Waals surface area contributed by atoms with Crippen LogP contribution < -0.4 is 5.32 Å². The molecule has 5 heteroatoms. The summed E-state index contributed by atoms with van der Waals surface area (Å²) in [5.74, 6) is 0. The maximum Gasteiger partial charge on any atom is 0.272 e. The second kappa shape index (κ2) is 5.95. The summed E-state index contributed by atoms with van der Waals surface area (Å²) >= 11 is 1.72. The van der Waals surface area contributed by atoms with Crippen molar-refractivity contribution in [3.63, 3.8) is 0 Å². The number of nitro groups is 1. The Kier molecular flexibility index (Phi) is 4.29. The highest BCUT2D eigenvalue weighted by Crippen LogP contribution is 2.28. The minimum atomic E-state index is -0.318. The molecule has 1 aromatic heterocycles. The van der Waals surface area contributed by atoms with Crippen LogP contribution in [0.3, 0.4) is 0 Å². The predicted molar refractivity (Wildman–Crippen MR) is 77.7 cm³/mol. The molecule has 1 aromatic carbocycles. The molecule has 1 unspecified atom stereocenters. The van der Waals surface area contributed by atoms with E-state index in [1.165, 1.54) is 9.75 Å². The van der Waals surface area contributed by atoms with Crippen LogP contribution in [0.5, 0.6) is 0 Å². The van der Waals surface area contributed by atoms with Crippen LogP contribution in [0.25, 0.3) is 0 Å². The Morgan fingerprint density at radius 3 is 2.63 bits per heavy atom. The van der Waals surface area contributed by atoms with Crippen molar-refractivity contribution in [2.75, 3.05) is 7.05 Å². The van der Waals surface area contributed by atoms with Gasteiger partial charge in [0.15, 0.2) is 0 Å². The molecule has 19 heavy (non-hydrogen) atoms. The van der Waals surface area contributed by atoms with Crippen molar-refractivity contribution in [2.24, 2.45) is 0 Å². The maximum atomic E-state index is 11.0. The molecule has 2 rings (SSSR count). The van der Waals surface area contributed by atoms with Crippen LogP contribution in [0.2, 0.25) is 0 Å². The van der Waals surface area contributed by atoms with Gasteiger partial charge in [-0.15, -0.1) is 11.3 Å². The third-order valence-electron chi connectivity index (χ3n) is 3.07. The van der Waals surface area contributed by atoms with E-state index in [2.05, 4.69) is 24.4 Å². The predicted octanol–water partition coefficient (Wildman–Crippen LogP) is 3.47. The van der Waals surface area contributed by atoms with Gasteiger partial charge in [0, 0.05) is 27.4 Å². The Morgan fingerprint density at radius 1 is 1.32 bits per heavy atom. The first-order valence-corrected chi connectivity index (χ1v) is 6.89. The molecule has 0 aliphatic rings. The third-order valence-corrected chi connectivity index (χ3v) is 4.18. The van der Waals surface area contributed by atoms with E-state index in [1.54, 1.807) is 23.5 Å². The number of likely N-dealkylation sites (N-methyl/N-ethyl adjacent to an activating group) is 1. The van der Waals surface area contributed by atoms with Gasteiger partial charge in [0.2, 0.25) is 0 Å². The lowest BCUT2D eigenvalue weighted by atomic mass is 10.0. The zero-order valence-electron chi connectivity index (χ0n) is 10.9. The van der Waals surface area contributed by atoms with Crippen LogP contribution in [0.4, 0.5) is 5.69 Å². The summed E-state index contributed by atoms with van der Waals surface area (Å²) in [6, 6.07) is 11.2. The SMILES string of the molecule is CNC(Cc1ccccc1[N+](=O)[O-])c1ccc(C)s1. The molecule has 0 amide bonds. The number of hydrogen-bond donors (Lipinski definition) is 1. The topological polar surface area (TPSA) is 55.2 Å². The first-order chi connectivity index (χ1) is 9.11. The van der Waals surface area contributed by atoms with Gasteiger partial charge >= 0.3 is 0 Å². The van der Waals surface area contributed by atoms with Gasteiger partial charge in [0.25, 0.3) is 5.69 Å². The molecule has 100 valence electrons. The van der Waals surface area contributed by atoms with E-state index < -0.39 is 0 Å². The van der Waals surface area contributed by atoms with E-state index in [4.69, 9.17) is 0 Å². The van der Waals surface area contributed by atoms with Crippen LogP contribution in [0.1, 0.15) is 21.4 Å². The Balaban J connectivity index is 2.26. The van der Waals surface area contributed by atoms with Crippen molar-refractivity contribution in [3.05, 3.63) is 61.8 Å². The Morgan fingerprint density at radius 2 is 2.05 bits per heavy atom. The third kappa shape index (κ3) is 3.19. The number of para-hydroxylation sites is 1. The van der Waals surface area contributed by atoms with E-state index in [0.29, 0.717) is 6.42 Å². The van der Waals surface area contributed by atoms with Crippen LogP contribution >= 0.6 is 11.3 Å². The Labute approximate surface area is 116 Å². The first-order valence-electron chi connectivity index (χ1n) is 6.07. The zero-order valence-corrected chi connectivity index (χ0v) is 11.7. The smallest absolute Gasteiger partial charge is 0.272 e. The fourth-order valence-corrected chi connectivity index (χ4v) is 3.05. The largest absolute Gasteiger partial charge is 0.312 e. The van der Waals surface area contributed by atoms with Crippen molar-refractivity contribution in [1.82, 2.24) is 5.32 Å². The van der Waals surface area contributed by atoms with Gasteiger partial charge in [-0.2, -0.15) is 0 Å². The summed E-state index contributed by atoms with van der Waals surface area (Å²) in [7, 11) is 1.88. The van der Waals surface area contributed by atoms with Crippen LogP contribution in [0.15, 0.2) is 36.4 Å². The number of nitrogens with zero attached hydrogens (tertiary/aromatic N) is 1. The van der Waals surface area contributed by atoms with Crippen LogP contribution in [0, 0.1) is 17.0 Å². The number of rotatable bonds is 5. The summed E-state index contributed by atoms with van der Waals surface area (Å²) in [5.41, 5.74) is 0.953. The Bertz CT molecular complexity index is 580. The zero-order chi connectivity index (χ0) is 13.8. The summed E-state index contributed by atoms with van der Waals surface area (Å²) < 4.78 is 0. The molecule has 1 atom stereocenters. The minimum Gasteiger partial charge on any atom is -0.312 e. The molecule has 0 radical (unpaired) electrons. The van der Waals surface area contributed by atoms with Crippen LogP contribution in [-0.4, -0.2) is 12.0 Å². The van der Waals surface area contributed by atoms with Gasteiger partial charge in [-0.05, 0) is 32.5 Å². The molecular formula is C14H16N2O2S. The molecule has 0 fully saturated rings. The normalized spacial score (nSPS) is 12.3. The lowest BCUT2D eigenvalue weighted by Crippen LogP contribution is -2.18. The molecule has 0 saturated carbocycles. The fourth-order valence-electron chi connectivity index (χ4n) is 2.07. The van der Waals surface area contributed by atoms with Crippen molar-refractivity contribution >= 4 is 17.0 Å². The van der Waals surface area contributed by atoms with Gasteiger partial charge in [0.1, 0.15) is 0 Å². The highest BCUT2D eigenvalue weighted by molar-refractivity contribution is 7.12. The number of hydrogen-bond acceptors (Lipinski definition) is 4. The molecule has 0 spiro atoms. The summed E-state index contributed by atoms with van der Waals surface area (Å²) in [6.45, 7) is 2.06. The van der Waals surface area contributed by atoms with Crippen molar-refractivity contribution in [3.8, 4) is 0 Å². The molecule has 4 nitrogen and oxygen atoms in total. The lowest BCUT2D eigenvalue weighted by Gasteiger charge is -2.14. The number of nitro benzene ring substituents is 1. The highest BCUT2D eigenvalue weighted by atomic mass is 32.1. The number of nitrogens with one attached hydrogen (secondary N) is 1. The molecule has 0 saturated heterocycles. The molecule has 0 aliphatic heterocycles. The van der Waals surface area contributed by atoms with Gasteiger partial charge in [-0.3, -0.25) is 10.1 Å². The van der Waals surface area contributed by atoms with E-state index >= 15 is 0 Å². The minimum absolute atomic E-state index is 0.111. The molecule has 0 bridgehead atoms. The Hall–Kier alpha value is -1.72. The van der Waals surface area contributed by atoms with Crippen LogP contribution in [-0.2, 0) is 6.42 Å². The second-order valence-electron chi connectivity index (χ2n) is 4.38. The molecule has 0 aliphatic carbocycles. The monoisotopic (exact) mass is 276 g/mol. The average molecular weight is 276 g/mol. The van der Waals surface area contributed by atoms with Crippen molar-refractivity contribution < 1.29 is 4.92 Å². The van der Waals surface area contributed by atoms with Crippen molar-refractivity contribution in [1.29, 1.82) is 0 Å². The second-order valence-corrected chi connectivity index (χ2v) is 5.70. The molecule has 1 heterocycles. The first kappa shape index (κ1) is 13.7. The van der Waals surface area contributed by atoms with E-state index in [1.807, 2.05) is 19.2 Å². The summed E-state index contributed by atoms with van der Waals surface area (Å²) in [4.78, 5) is 13.2.